The number of likely N-dealkylation sites (tertiary alicyclic amines) is 1. The SMILES string of the molecule is CCc1ccc(CN2CCC(C)(C#N)CC2)s1. The Morgan fingerprint density at radius 2 is 2.00 bits per heavy atom. The van der Waals surface area contributed by atoms with Crippen LogP contribution in [0, 0.1) is 16.7 Å². The van der Waals surface area contributed by atoms with Crippen LogP contribution < -0.4 is 0 Å². The van der Waals surface area contributed by atoms with Crippen molar-refractivity contribution in [2.24, 2.45) is 5.41 Å². The number of piperidine rings is 1. The normalized spacial score (nSPS) is 20.1. The van der Waals surface area contributed by atoms with Gasteiger partial charge in [0.2, 0.25) is 0 Å². The summed E-state index contributed by atoms with van der Waals surface area (Å²) in [6, 6.07) is 6.94. The summed E-state index contributed by atoms with van der Waals surface area (Å²) in [4.78, 5) is 5.41. The summed E-state index contributed by atoms with van der Waals surface area (Å²) >= 11 is 1.93. The zero-order valence-corrected chi connectivity index (χ0v) is 11.5. The van der Waals surface area contributed by atoms with Gasteiger partial charge < -0.3 is 0 Å². The Bertz CT molecular complexity index is 408. The molecule has 0 unspecified atom stereocenters. The standard InChI is InChI=1S/C14H20N2S/c1-3-12-4-5-13(17-12)10-16-8-6-14(2,11-15)7-9-16/h4-5H,3,6-10H2,1-2H3. The fourth-order valence-electron chi connectivity index (χ4n) is 2.23. The van der Waals surface area contributed by atoms with Gasteiger partial charge in [-0.15, -0.1) is 11.3 Å². The molecule has 1 saturated heterocycles. The van der Waals surface area contributed by atoms with Gasteiger partial charge in [-0.25, -0.2) is 0 Å². The first kappa shape index (κ1) is 12.6. The van der Waals surface area contributed by atoms with Crippen LogP contribution in [-0.4, -0.2) is 18.0 Å². The Kier molecular flexibility index (Phi) is 3.86. The molecular weight excluding hydrogens is 228 g/mol. The maximum atomic E-state index is 9.10. The highest BCUT2D eigenvalue weighted by Crippen LogP contribution is 2.31. The quantitative estimate of drug-likeness (QED) is 0.819. The molecule has 0 bridgehead atoms. The predicted molar refractivity (Wildman–Crippen MR) is 71.9 cm³/mol. The summed E-state index contributed by atoms with van der Waals surface area (Å²) in [7, 11) is 0. The van der Waals surface area contributed by atoms with Gasteiger partial charge in [-0.2, -0.15) is 5.26 Å². The van der Waals surface area contributed by atoms with Gasteiger partial charge in [-0.05, 0) is 38.3 Å². The van der Waals surface area contributed by atoms with Crippen molar-refractivity contribution in [2.75, 3.05) is 13.1 Å². The van der Waals surface area contributed by atoms with E-state index in [-0.39, 0.29) is 5.41 Å². The molecule has 0 atom stereocenters. The van der Waals surface area contributed by atoms with Gasteiger partial charge in [0, 0.05) is 29.4 Å². The number of rotatable bonds is 3. The summed E-state index contributed by atoms with van der Waals surface area (Å²) in [5.74, 6) is 0. The molecule has 17 heavy (non-hydrogen) atoms. The molecule has 0 aromatic carbocycles. The topological polar surface area (TPSA) is 27.0 Å². The molecule has 0 spiro atoms. The largest absolute Gasteiger partial charge is 0.298 e. The maximum Gasteiger partial charge on any atom is 0.0687 e. The molecule has 0 radical (unpaired) electrons. The van der Waals surface area contributed by atoms with Crippen LogP contribution in [0.15, 0.2) is 12.1 Å². The monoisotopic (exact) mass is 248 g/mol. The van der Waals surface area contributed by atoms with Crippen molar-refractivity contribution >= 4 is 11.3 Å². The van der Waals surface area contributed by atoms with Gasteiger partial charge >= 0.3 is 0 Å². The Morgan fingerprint density at radius 1 is 1.35 bits per heavy atom. The number of nitriles is 1. The first-order chi connectivity index (χ1) is 8.15. The highest BCUT2D eigenvalue weighted by atomic mass is 32.1. The van der Waals surface area contributed by atoms with Crippen molar-refractivity contribution in [3.8, 4) is 6.07 Å². The third kappa shape index (κ3) is 3.08. The molecule has 2 heterocycles. The van der Waals surface area contributed by atoms with Crippen molar-refractivity contribution in [3.05, 3.63) is 21.9 Å². The first-order valence-corrected chi connectivity index (χ1v) is 7.18. The van der Waals surface area contributed by atoms with Crippen molar-refractivity contribution < 1.29 is 0 Å². The molecule has 1 aromatic heterocycles. The molecule has 3 heteroatoms. The molecule has 0 amide bonds. The number of aryl methyl sites for hydroxylation is 1. The smallest absolute Gasteiger partial charge is 0.0687 e. The summed E-state index contributed by atoms with van der Waals surface area (Å²) in [6.45, 7) is 7.47. The van der Waals surface area contributed by atoms with Crippen molar-refractivity contribution in [2.45, 2.75) is 39.7 Å². The third-order valence-corrected chi connectivity index (χ3v) is 4.89. The number of hydrogen-bond donors (Lipinski definition) is 0. The van der Waals surface area contributed by atoms with Crippen LogP contribution in [0.5, 0.6) is 0 Å². The van der Waals surface area contributed by atoms with E-state index in [1.807, 2.05) is 11.3 Å². The van der Waals surface area contributed by atoms with E-state index in [0.717, 1.165) is 38.9 Å². The van der Waals surface area contributed by atoms with Crippen LogP contribution in [0.4, 0.5) is 0 Å². The second-order valence-corrected chi connectivity index (χ2v) is 6.42. The predicted octanol–water partition coefficient (Wildman–Crippen LogP) is 3.44. The highest BCUT2D eigenvalue weighted by Gasteiger charge is 2.29. The molecule has 1 aliphatic heterocycles. The van der Waals surface area contributed by atoms with E-state index in [9.17, 15) is 0 Å². The van der Waals surface area contributed by atoms with E-state index in [1.165, 1.54) is 9.75 Å². The molecule has 1 aromatic rings. The molecular formula is C14H20N2S. The lowest BCUT2D eigenvalue weighted by Crippen LogP contribution is -2.37. The molecule has 2 rings (SSSR count). The molecule has 1 aliphatic rings. The van der Waals surface area contributed by atoms with Gasteiger partial charge in [0.25, 0.3) is 0 Å². The van der Waals surface area contributed by atoms with Gasteiger partial charge in [-0.3, -0.25) is 4.90 Å². The van der Waals surface area contributed by atoms with Gasteiger partial charge in [0.15, 0.2) is 0 Å². The Labute approximate surface area is 108 Å². The molecule has 0 N–H and O–H groups in total. The lowest BCUT2D eigenvalue weighted by molar-refractivity contribution is 0.151. The zero-order chi connectivity index (χ0) is 12.3. The van der Waals surface area contributed by atoms with E-state index in [4.69, 9.17) is 5.26 Å². The molecule has 0 saturated carbocycles. The molecule has 92 valence electrons. The van der Waals surface area contributed by atoms with Gasteiger partial charge in [0.05, 0.1) is 11.5 Å². The molecule has 1 fully saturated rings. The van der Waals surface area contributed by atoms with Crippen LogP contribution in [0.2, 0.25) is 0 Å². The Balaban J connectivity index is 1.88. The summed E-state index contributed by atoms with van der Waals surface area (Å²) in [6.07, 6.45) is 3.15. The minimum absolute atomic E-state index is 0.0828. The van der Waals surface area contributed by atoms with Crippen LogP contribution in [-0.2, 0) is 13.0 Å². The lowest BCUT2D eigenvalue weighted by Gasteiger charge is -2.34. The summed E-state index contributed by atoms with van der Waals surface area (Å²) in [5.41, 5.74) is -0.0828. The van der Waals surface area contributed by atoms with Crippen LogP contribution >= 0.6 is 11.3 Å². The fraction of sp³-hybridized carbons (Fsp3) is 0.643. The second-order valence-electron chi connectivity index (χ2n) is 5.17. The Morgan fingerprint density at radius 3 is 2.53 bits per heavy atom. The highest BCUT2D eigenvalue weighted by molar-refractivity contribution is 7.11. The van der Waals surface area contributed by atoms with E-state index >= 15 is 0 Å². The van der Waals surface area contributed by atoms with Crippen LogP contribution in [0.1, 0.15) is 36.4 Å². The van der Waals surface area contributed by atoms with E-state index in [1.54, 1.807) is 0 Å². The minimum atomic E-state index is -0.0828. The summed E-state index contributed by atoms with van der Waals surface area (Å²) < 4.78 is 0. The molecule has 0 aliphatic carbocycles. The first-order valence-electron chi connectivity index (χ1n) is 6.36. The van der Waals surface area contributed by atoms with Crippen LogP contribution in [0.3, 0.4) is 0 Å². The number of hydrogen-bond acceptors (Lipinski definition) is 3. The number of thiophene rings is 1. The second kappa shape index (κ2) is 5.20. The van der Waals surface area contributed by atoms with Gasteiger partial charge in [0.1, 0.15) is 0 Å². The van der Waals surface area contributed by atoms with Gasteiger partial charge in [-0.1, -0.05) is 6.92 Å². The van der Waals surface area contributed by atoms with E-state index in [2.05, 4.69) is 36.9 Å². The fourth-order valence-corrected chi connectivity index (χ4v) is 3.23. The average molecular weight is 248 g/mol. The van der Waals surface area contributed by atoms with E-state index < -0.39 is 0 Å². The van der Waals surface area contributed by atoms with Crippen LogP contribution in [0.25, 0.3) is 0 Å². The summed E-state index contributed by atoms with van der Waals surface area (Å²) in [5, 5.41) is 9.10. The van der Waals surface area contributed by atoms with Crippen molar-refractivity contribution in [1.82, 2.24) is 4.90 Å². The van der Waals surface area contributed by atoms with Crippen molar-refractivity contribution in [1.29, 1.82) is 5.26 Å². The van der Waals surface area contributed by atoms with Crippen molar-refractivity contribution in [3.63, 3.8) is 0 Å². The maximum absolute atomic E-state index is 9.10. The minimum Gasteiger partial charge on any atom is -0.298 e. The zero-order valence-electron chi connectivity index (χ0n) is 10.7. The number of nitrogens with zero attached hydrogens (tertiary/aromatic N) is 2. The average Bonchev–Trinajstić information content (AvgIpc) is 2.80. The van der Waals surface area contributed by atoms with E-state index in [0.29, 0.717) is 0 Å². The molecule has 2 nitrogen and oxygen atoms in total. The lowest BCUT2D eigenvalue weighted by atomic mass is 9.82. The third-order valence-electron chi connectivity index (χ3n) is 3.67. The Hall–Kier alpha value is -0.850.